The Morgan fingerprint density at radius 2 is 2.12 bits per heavy atom. The first-order chi connectivity index (χ1) is 7.74. The summed E-state index contributed by atoms with van der Waals surface area (Å²) < 4.78 is 5.23. The predicted octanol–water partition coefficient (Wildman–Crippen LogP) is 0.880. The lowest BCUT2D eigenvalue weighted by molar-refractivity contribution is -0.0962. The largest absolute Gasteiger partial charge is 0.378 e. The van der Waals surface area contributed by atoms with Crippen LogP contribution in [0.2, 0.25) is 0 Å². The molecule has 1 fully saturated rings. The molecule has 0 aromatic heterocycles. The van der Waals surface area contributed by atoms with E-state index in [2.05, 4.69) is 0 Å². The number of hydrogen-bond donors (Lipinski definition) is 1. The van der Waals surface area contributed by atoms with Gasteiger partial charge in [-0.2, -0.15) is 5.26 Å². The van der Waals surface area contributed by atoms with Crippen molar-refractivity contribution in [2.75, 3.05) is 26.3 Å². The topological polar surface area (TPSA) is 59.7 Å². The van der Waals surface area contributed by atoms with E-state index in [-0.39, 0.29) is 0 Å². The maximum absolute atomic E-state index is 9.85. The fourth-order valence-corrected chi connectivity index (χ4v) is 1.92. The molecule has 2 aliphatic heterocycles. The van der Waals surface area contributed by atoms with Crippen LogP contribution in [-0.4, -0.2) is 47.0 Å². The molecule has 86 valence electrons. The maximum atomic E-state index is 9.85. The number of hydroxylamine groups is 2. The molecule has 0 saturated carbocycles. The summed E-state index contributed by atoms with van der Waals surface area (Å²) in [5, 5.41) is 19.5. The van der Waals surface area contributed by atoms with E-state index in [1.54, 1.807) is 12.2 Å². The van der Waals surface area contributed by atoms with Gasteiger partial charge in [-0.15, -0.1) is 0 Å². The number of ether oxygens (including phenoxy) is 1. The summed E-state index contributed by atoms with van der Waals surface area (Å²) in [4.78, 5) is 1.98. The zero-order valence-electron chi connectivity index (χ0n) is 8.64. The number of rotatable bonds is 1. The molecule has 0 aromatic carbocycles. The van der Waals surface area contributed by atoms with Gasteiger partial charge in [-0.3, -0.25) is 5.21 Å². The van der Waals surface area contributed by atoms with Gasteiger partial charge in [0.05, 0.1) is 24.9 Å². The zero-order chi connectivity index (χ0) is 11.5. The lowest BCUT2D eigenvalue weighted by atomic mass is 10.2. The van der Waals surface area contributed by atoms with Crippen molar-refractivity contribution in [2.45, 2.75) is 5.50 Å². The van der Waals surface area contributed by atoms with Gasteiger partial charge in [0.15, 0.2) is 5.50 Å². The van der Waals surface area contributed by atoms with Crippen molar-refractivity contribution in [1.82, 2.24) is 9.96 Å². The fraction of sp³-hybridized carbons (Fsp3) is 0.500. The molecule has 0 amide bonds. The maximum Gasteiger partial charge on any atom is 0.166 e. The quantitative estimate of drug-likeness (QED) is 0.546. The van der Waals surface area contributed by atoms with E-state index in [0.29, 0.717) is 37.7 Å². The average Bonchev–Trinajstić information content (AvgIpc) is 2.34. The average molecular weight is 242 g/mol. The Balaban J connectivity index is 2.18. The van der Waals surface area contributed by atoms with Gasteiger partial charge >= 0.3 is 0 Å². The third-order valence-electron chi connectivity index (χ3n) is 2.58. The van der Waals surface area contributed by atoms with Crippen LogP contribution in [-0.2, 0) is 4.74 Å². The van der Waals surface area contributed by atoms with Crippen LogP contribution in [0.1, 0.15) is 0 Å². The fourth-order valence-electron chi connectivity index (χ4n) is 1.70. The number of nitriles is 1. The van der Waals surface area contributed by atoms with Crippen molar-refractivity contribution in [1.29, 1.82) is 5.26 Å². The number of hydrogen-bond acceptors (Lipinski definition) is 5. The molecule has 1 atom stereocenters. The number of allylic oxidation sites excluding steroid dienone is 2. The smallest absolute Gasteiger partial charge is 0.166 e. The third-order valence-corrected chi connectivity index (χ3v) is 3.00. The van der Waals surface area contributed by atoms with E-state index in [9.17, 15) is 5.21 Å². The molecule has 0 radical (unpaired) electrons. The van der Waals surface area contributed by atoms with Crippen LogP contribution >= 0.6 is 11.6 Å². The molecular weight excluding hydrogens is 230 g/mol. The number of morpholine rings is 1. The highest BCUT2D eigenvalue weighted by atomic mass is 35.5. The van der Waals surface area contributed by atoms with E-state index in [0.717, 1.165) is 5.06 Å². The van der Waals surface area contributed by atoms with Gasteiger partial charge in [-0.25, -0.2) is 5.06 Å². The zero-order valence-corrected chi connectivity index (χ0v) is 9.39. The molecule has 5 nitrogen and oxygen atoms in total. The Morgan fingerprint density at radius 3 is 2.75 bits per heavy atom. The summed E-state index contributed by atoms with van der Waals surface area (Å²) in [5.74, 6) is 0.613. The molecule has 1 unspecified atom stereocenters. The lowest BCUT2D eigenvalue weighted by Crippen LogP contribution is -2.44. The van der Waals surface area contributed by atoms with Crippen LogP contribution in [0.3, 0.4) is 0 Å². The molecule has 0 spiro atoms. The second-order valence-electron chi connectivity index (χ2n) is 3.54. The van der Waals surface area contributed by atoms with Crippen LogP contribution in [0, 0.1) is 11.3 Å². The first-order valence-corrected chi connectivity index (χ1v) is 5.44. The summed E-state index contributed by atoms with van der Waals surface area (Å²) in [7, 11) is 0. The summed E-state index contributed by atoms with van der Waals surface area (Å²) >= 11 is 5.93. The van der Waals surface area contributed by atoms with Crippen molar-refractivity contribution in [3.63, 3.8) is 0 Å². The van der Waals surface area contributed by atoms with E-state index in [1.807, 2.05) is 11.0 Å². The molecular formula is C10H12ClN3O2. The lowest BCUT2D eigenvalue weighted by Gasteiger charge is -2.37. The SMILES string of the molecule is N#CC1=CC=C(N2CCOCC2)N(O)C1Cl. The summed E-state index contributed by atoms with van der Waals surface area (Å²) in [6.07, 6.45) is 3.33. The highest BCUT2D eigenvalue weighted by molar-refractivity contribution is 6.22. The van der Waals surface area contributed by atoms with Crippen molar-refractivity contribution >= 4 is 11.6 Å². The van der Waals surface area contributed by atoms with Gasteiger partial charge in [0.2, 0.25) is 0 Å². The standard InChI is InChI=1S/C10H12ClN3O2/c11-10-8(7-12)1-2-9(14(10)15)13-3-5-16-6-4-13/h1-2,10,15H,3-6H2. The summed E-state index contributed by atoms with van der Waals surface area (Å²) in [6.45, 7) is 2.68. The Labute approximate surface area is 98.7 Å². The minimum Gasteiger partial charge on any atom is -0.378 e. The first kappa shape index (κ1) is 11.3. The monoisotopic (exact) mass is 241 g/mol. The van der Waals surface area contributed by atoms with E-state index < -0.39 is 5.50 Å². The molecule has 0 aliphatic carbocycles. The van der Waals surface area contributed by atoms with Crippen molar-refractivity contribution < 1.29 is 9.94 Å². The van der Waals surface area contributed by atoms with Gasteiger partial charge in [0, 0.05) is 13.1 Å². The number of nitrogens with zero attached hydrogens (tertiary/aromatic N) is 3. The molecule has 2 aliphatic rings. The van der Waals surface area contributed by atoms with Crippen LogP contribution < -0.4 is 0 Å². The Kier molecular flexibility index (Phi) is 3.34. The summed E-state index contributed by atoms with van der Waals surface area (Å²) in [5.41, 5.74) is -0.478. The molecule has 0 aromatic rings. The van der Waals surface area contributed by atoms with Crippen LogP contribution in [0.15, 0.2) is 23.5 Å². The minimum atomic E-state index is -0.812. The van der Waals surface area contributed by atoms with Crippen LogP contribution in [0.5, 0.6) is 0 Å². The molecule has 1 saturated heterocycles. The van der Waals surface area contributed by atoms with Gasteiger partial charge in [0.1, 0.15) is 5.82 Å². The molecule has 6 heteroatoms. The van der Waals surface area contributed by atoms with Crippen molar-refractivity contribution in [2.24, 2.45) is 0 Å². The first-order valence-electron chi connectivity index (χ1n) is 5.01. The van der Waals surface area contributed by atoms with Gasteiger partial charge in [0.25, 0.3) is 0 Å². The number of halogens is 1. The highest BCUT2D eigenvalue weighted by Gasteiger charge is 2.28. The van der Waals surface area contributed by atoms with Crippen molar-refractivity contribution in [3.05, 3.63) is 23.5 Å². The Bertz CT molecular complexity index is 369. The molecule has 1 N–H and O–H groups in total. The number of alkyl halides is 1. The van der Waals surface area contributed by atoms with Crippen molar-refractivity contribution in [3.8, 4) is 6.07 Å². The third kappa shape index (κ3) is 2.00. The van der Waals surface area contributed by atoms with Gasteiger partial charge in [-0.1, -0.05) is 11.6 Å². The van der Waals surface area contributed by atoms with Crippen LogP contribution in [0.4, 0.5) is 0 Å². The van der Waals surface area contributed by atoms with Crippen LogP contribution in [0.25, 0.3) is 0 Å². The predicted molar refractivity (Wildman–Crippen MR) is 57.4 cm³/mol. The Hall–Kier alpha value is -1.22. The molecule has 16 heavy (non-hydrogen) atoms. The van der Waals surface area contributed by atoms with E-state index in [4.69, 9.17) is 21.6 Å². The van der Waals surface area contributed by atoms with E-state index >= 15 is 0 Å². The molecule has 2 rings (SSSR count). The second-order valence-corrected chi connectivity index (χ2v) is 3.95. The highest BCUT2D eigenvalue weighted by Crippen LogP contribution is 2.25. The normalized spacial score (nSPS) is 25.9. The van der Waals surface area contributed by atoms with Gasteiger partial charge < -0.3 is 9.64 Å². The summed E-state index contributed by atoms with van der Waals surface area (Å²) in [6, 6.07) is 1.95. The molecule has 0 bridgehead atoms. The van der Waals surface area contributed by atoms with E-state index in [1.165, 1.54) is 0 Å². The minimum absolute atomic E-state index is 0.334. The molecule has 2 heterocycles. The Morgan fingerprint density at radius 1 is 1.44 bits per heavy atom. The van der Waals surface area contributed by atoms with Gasteiger partial charge in [-0.05, 0) is 12.2 Å². The second kappa shape index (κ2) is 4.74.